The lowest BCUT2D eigenvalue weighted by Gasteiger charge is -2.38. The Morgan fingerprint density at radius 2 is 1.49 bits per heavy atom. The number of Topliss-reactive ketones (excluding diaryl/α,β-unsaturated/α-hetero) is 1. The maximum Gasteiger partial charge on any atom is 0.488 e. The highest BCUT2D eigenvalue weighted by Crippen LogP contribution is 2.71. The van der Waals surface area contributed by atoms with Gasteiger partial charge in [-0.3, -0.25) is 46.9 Å². The van der Waals surface area contributed by atoms with Crippen LogP contribution in [0.5, 0.6) is 17.2 Å². The van der Waals surface area contributed by atoms with Crippen LogP contribution in [0, 0.1) is 17.8 Å². The molecule has 40 heteroatoms. The summed E-state index contributed by atoms with van der Waals surface area (Å²) >= 11 is 22.2. The number of nitrogens with zero attached hydrogens (tertiary/aromatic N) is 1. The van der Waals surface area contributed by atoms with Gasteiger partial charge in [-0.2, -0.15) is 12.7 Å². The molecule has 554 valence electrons. The predicted molar refractivity (Wildman–Crippen MR) is 365 cm³/mol. The fraction of sp³-hybridized carbons (Fsp3) is 0.550. The molecule has 3 heterocycles. The molecule has 2 aliphatic carbocycles. The number of aromatic amines is 1. The molecule has 0 spiro atoms. The first-order valence-electron chi connectivity index (χ1n) is 31.4. The average Bonchev–Trinajstić information content (AvgIpc) is 0.751. The average molecular weight is 1600 g/mol. The summed E-state index contributed by atoms with van der Waals surface area (Å²) in [7, 11) is -33.0. The van der Waals surface area contributed by atoms with Crippen LogP contribution >= 0.6 is 77.4 Å². The van der Waals surface area contributed by atoms with Gasteiger partial charge in [0.15, 0.2) is 23.2 Å². The number of ether oxygens (including phenoxy) is 3. The number of aliphatic hydroxyl groups excluding tert-OH is 1. The molecule has 3 aromatic carbocycles. The number of thioether (sulfide) groups is 1. The van der Waals surface area contributed by atoms with Gasteiger partial charge in [-0.25, -0.2) is 26.7 Å². The molecule has 100 heavy (non-hydrogen) atoms. The summed E-state index contributed by atoms with van der Waals surface area (Å²) in [4.78, 5) is 103. The number of fused-ring (bicyclic) bond motifs is 4. The predicted octanol–water partition coefficient (Wildman–Crippen LogP) is 9.86. The highest BCUT2D eigenvalue weighted by Gasteiger charge is 2.47. The van der Waals surface area contributed by atoms with Crippen LogP contribution in [0.2, 0.25) is 15.1 Å². The first-order valence-corrected chi connectivity index (χ1v) is 42.9. The number of halogens is 3. The number of aliphatic hydroxyl groups is 1. The number of phosphoric ester groups is 1. The van der Waals surface area contributed by atoms with Gasteiger partial charge in [0, 0.05) is 64.4 Å². The minimum atomic E-state index is -6.01. The van der Waals surface area contributed by atoms with Crippen LogP contribution in [0.1, 0.15) is 176 Å². The monoisotopic (exact) mass is 1600 g/mol. The van der Waals surface area contributed by atoms with Crippen molar-refractivity contribution in [3.63, 3.8) is 0 Å². The molecule has 4 aliphatic rings. The summed E-state index contributed by atoms with van der Waals surface area (Å²) in [5.41, 5.74) is -1.76. The molecule has 9 atom stereocenters. The summed E-state index contributed by atoms with van der Waals surface area (Å²) < 4.78 is 166. The van der Waals surface area contributed by atoms with Gasteiger partial charge in [0.2, 0.25) is 5.91 Å². The number of hydrogen-bond acceptors (Lipinski definition) is 23. The lowest BCUT2D eigenvalue weighted by Crippen LogP contribution is -2.35. The van der Waals surface area contributed by atoms with Crippen molar-refractivity contribution in [3.05, 3.63) is 98.1 Å². The van der Waals surface area contributed by atoms with Gasteiger partial charge in [0.1, 0.15) is 43.0 Å². The van der Waals surface area contributed by atoms with Crippen LogP contribution < -0.4 is 36.5 Å². The fourth-order valence-corrected chi connectivity index (χ4v) is 23.2. The number of hydrogen-bond donors (Lipinski definition) is 8. The van der Waals surface area contributed by atoms with Gasteiger partial charge >= 0.3 is 36.5 Å². The Labute approximate surface area is 594 Å². The number of ketones is 1. The highest BCUT2D eigenvalue weighted by atomic mass is 35.5. The molecule has 0 radical (unpaired) electrons. The number of H-pyrrole nitrogens is 1. The van der Waals surface area contributed by atoms with Gasteiger partial charge in [-0.05, 0) is 109 Å². The Kier molecular flexibility index (Phi) is 26.2. The number of aryl methyl sites for hydroxylation is 1. The number of unbranched alkanes of at least 4 members (excludes halogenated alkanes) is 6. The third kappa shape index (κ3) is 20.1. The number of rotatable bonds is 33. The molecule has 2 aliphatic heterocycles. The van der Waals surface area contributed by atoms with Crippen LogP contribution in [0.15, 0.2) is 42.6 Å². The van der Waals surface area contributed by atoms with E-state index in [2.05, 4.69) is 18.5 Å². The SMILES string of the molecule is Cc1cn([C@H]2C[C@@H](O)[C@@H](COP(=O)(O)OP(=O)(O)OP(=O)(O)CP(=O)(O)OCCCCCCNC(=O)CCCCCCC(=O)CSc3c(Cl)c(Cl)c(OC=O)c(C4=c5cc6c(c(S(=O)(=O)[O-])c5Oc5c4cc4c(c5S(=O)(=O)O)CC(C)(C)CC4C)=CC(C)(C)CC6C)c3Cl)O2)c(=O)[nH]c1=O. The van der Waals surface area contributed by atoms with Gasteiger partial charge in [0.05, 0.1) is 35.1 Å². The van der Waals surface area contributed by atoms with Crippen LogP contribution in [-0.4, -0.2) is 122 Å². The van der Waals surface area contributed by atoms with Gasteiger partial charge in [0.25, 0.3) is 22.1 Å². The molecule has 1 fully saturated rings. The molecule has 6 unspecified atom stereocenters. The zero-order chi connectivity index (χ0) is 74.2. The number of benzene rings is 3. The summed E-state index contributed by atoms with van der Waals surface area (Å²) in [5, 5.41) is 12.3. The molecule has 8 rings (SSSR count). The number of aromatic nitrogens is 2. The quantitative estimate of drug-likeness (QED) is 0.00483. The van der Waals surface area contributed by atoms with E-state index >= 15 is 0 Å². The summed E-state index contributed by atoms with van der Waals surface area (Å²) in [6, 6.07) is 3.25. The second kappa shape index (κ2) is 32.0. The molecule has 1 saturated heterocycles. The number of carbonyl (C=O) groups is 3. The molecular formula is C60H77Cl3N3O27P4S3-. The maximum absolute atomic E-state index is 13.8. The van der Waals surface area contributed by atoms with Gasteiger partial charge < -0.3 is 53.3 Å². The molecule has 1 amide bonds. The van der Waals surface area contributed by atoms with Crippen molar-refractivity contribution in [2.24, 2.45) is 10.8 Å². The normalized spacial score (nSPS) is 21.7. The first-order chi connectivity index (χ1) is 46.3. The Morgan fingerprint density at radius 1 is 0.840 bits per heavy atom. The van der Waals surface area contributed by atoms with E-state index in [0.717, 1.165) is 22.5 Å². The largest absolute Gasteiger partial charge is 0.744 e. The van der Waals surface area contributed by atoms with Crippen molar-refractivity contribution >= 4 is 127 Å². The summed E-state index contributed by atoms with van der Waals surface area (Å²) in [6.07, 6.45) is 3.59. The number of phosphoric acid groups is 2. The van der Waals surface area contributed by atoms with E-state index in [-0.39, 0.29) is 133 Å². The molecule has 8 N–H and O–H groups in total. The molecule has 0 bridgehead atoms. The second-order valence-corrected chi connectivity index (χ2v) is 38.8. The minimum Gasteiger partial charge on any atom is -0.744 e. The Hall–Kier alpha value is -3.95. The van der Waals surface area contributed by atoms with Crippen molar-refractivity contribution in [2.75, 3.05) is 31.4 Å². The number of amides is 1. The number of carbonyl (C=O) groups excluding carboxylic acids is 3. The lowest BCUT2D eigenvalue weighted by atomic mass is 9.69. The Morgan fingerprint density at radius 3 is 2.15 bits per heavy atom. The van der Waals surface area contributed by atoms with E-state index in [1.54, 1.807) is 18.2 Å². The summed E-state index contributed by atoms with van der Waals surface area (Å²) in [6.45, 7) is 11.6. The van der Waals surface area contributed by atoms with Crippen LogP contribution in [-0.2, 0) is 81.7 Å². The minimum absolute atomic E-state index is 0.0204. The Balaban J connectivity index is 0.811. The lowest BCUT2D eigenvalue weighted by molar-refractivity contribution is -0.121. The number of nitrogens with one attached hydrogen (secondary N) is 2. The zero-order valence-electron chi connectivity index (χ0n) is 55.1. The van der Waals surface area contributed by atoms with E-state index in [4.69, 9.17) is 53.5 Å². The Bertz CT molecular complexity index is 4610. The third-order valence-electron chi connectivity index (χ3n) is 17.1. The van der Waals surface area contributed by atoms with Gasteiger partial charge in [-0.1, -0.05) is 108 Å². The standard InChI is InChI=1S/C60H78Cl3N3O27P4S3/c1-32-23-59(4,5)25-40-36(32)20-38-46(39-21-37-33(2)24-60(6,7)26-41(37)56(100(84,85)86)52(39)91-51(38)55(40)99(81,82)83)47-48(61)54(50(63)49(62)53(47)87-30-67)98-29-35(68)16-12-8-9-13-17-44(70)64-18-14-10-11-15-19-88-94(73,74)31-95(75,76)92-97(79,80)93-96(77,78)89-28-43-42(69)22-45(90-43)66-27-34(3)57(71)65-58(66)72/h20-21,25,27,30,32-33,42-43,45,69H,8-19,22-24,26,28-29,31H2,1-7H3,(H,64,70)(H,73,74)(H,75,76)(H,77,78)(H,79,80)(H,65,71,72)(H,81,82,83)(H,84,85,86)/p-1/t32?,33?,42-,43-,45-/m1/s1. The van der Waals surface area contributed by atoms with Crippen molar-refractivity contribution in [3.8, 4) is 17.2 Å². The van der Waals surface area contributed by atoms with Crippen molar-refractivity contribution in [1.82, 2.24) is 14.9 Å². The molecule has 4 aromatic rings. The second-order valence-electron chi connectivity index (χ2n) is 26.6. The third-order valence-corrected chi connectivity index (χ3v) is 28.9. The van der Waals surface area contributed by atoms with Crippen LogP contribution in [0.4, 0.5) is 0 Å². The van der Waals surface area contributed by atoms with Gasteiger partial charge in [-0.15, -0.1) is 11.8 Å². The molecular weight excluding hydrogens is 1520 g/mol. The maximum atomic E-state index is 13.8. The zero-order valence-corrected chi connectivity index (χ0v) is 63.4. The highest BCUT2D eigenvalue weighted by molar-refractivity contribution is 8.00. The van der Waals surface area contributed by atoms with E-state index in [1.807, 2.05) is 46.5 Å². The fourth-order valence-electron chi connectivity index (χ4n) is 13.0. The molecule has 0 saturated carbocycles. The van der Waals surface area contributed by atoms with E-state index < -0.39 is 138 Å². The van der Waals surface area contributed by atoms with E-state index in [0.29, 0.717) is 68.9 Å². The molecule has 30 nitrogen and oxygen atoms in total. The van der Waals surface area contributed by atoms with Crippen LogP contribution in [0.25, 0.3) is 11.6 Å². The van der Waals surface area contributed by atoms with Crippen molar-refractivity contribution in [1.29, 1.82) is 0 Å². The topological polar surface area (TPSA) is 464 Å². The van der Waals surface area contributed by atoms with E-state index in [1.165, 1.54) is 6.92 Å². The molecule has 1 aromatic heterocycles. The van der Waals surface area contributed by atoms with Crippen molar-refractivity contribution < 1.29 is 115 Å². The van der Waals surface area contributed by atoms with E-state index in [9.17, 15) is 92.9 Å². The smallest absolute Gasteiger partial charge is 0.488 e. The van der Waals surface area contributed by atoms with Crippen molar-refractivity contribution in [2.45, 2.75) is 183 Å². The summed E-state index contributed by atoms with van der Waals surface area (Å²) in [5.74, 6) is -4.68. The first kappa shape index (κ1) is 81.7. The van der Waals surface area contributed by atoms with Crippen LogP contribution in [0.3, 0.4) is 0 Å².